The summed E-state index contributed by atoms with van der Waals surface area (Å²) in [6.07, 6.45) is 3.20. The van der Waals surface area contributed by atoms with Crippen molar-refractivity contribution >= 4 is 38.9 Å². The van der Waals surface area contributed by atoms with E-state index in [9.17, 15) is 22.8 Å². The quantitative estimate of drug-likeness (QED) is 0.247. The molecule has 1 heterocycles. The van der Waals surface area contributed by atoms with E-state index in [4.69, 9.17) is 14.2 Å². The van der Waals surface area contributed by atoms with Gasteiger partial charge in [-0.3, -0.25) is 18.7 Å². The van der Waals surface area contributed by atoms with Gasteiger partial charge in [0.05, 0.1) is 44.5 Å². The third-order valence-corrected chi connectivity index (χ3v) is 10.4. The van der Waals surface area contributed by atoms with Crippen molar-refractivity contribution in [2.24, 2.45) is 0 Å². The van der Waals surface area contributed by atoms with E-state index in [0.717, 1.165) is 23.1 Å². The zero-order valence-electron chi connectivity index (χ0n) is 27.7. The summed E-state index contributed by atoms with van der Waals surface area (Å²) in [6.45, 7) is 2.22. The number of hydrogen-bond acceptors (Lipinski definition) is 9. The number of hydrogen-bond donors (Lipinski definition) is 3. The number of amides is 2. The molecule has 1 aliphatic heterocycles. The maximum absolute atomic E-state index is 13.5. The van der Waals surface area contributed by atoms with Crippen LogP contribution in [-0.2, 0) is 26.0 Å². The minimum absolute atomic E-state index is 0.116. The molecule has 0 radical (unpaired) electrons. The molecule has 2 aliphatic rings. The minimum atomic E-state index is -3.36. The Morgan fingerprint density at radius 3 is 2.48 bits per heavy atom. The number of nitrogens with one attached hydrogen (secondary N) is 3. The largest absolute Gasteiger partial charge is 0.493 e. The topological polar surface area (TPSA) is 152 Å². The first-order chi connectivity index (χ1) is 23.1. The molecule has 1 aliphatic carbocycles. The number of carbonyl (C=O) groups excluding carboxylic acids is 2. The van der Waals surface area contributed by atoms with Gasteiger partial charge < -0.3 is 30.2 Å². The molecular formula is C35H42N4O8S. The third-order valence-electron chi connectivity index (χ3n) is 8.58. The van der Waals surface area contributed by atoms with Gasteiger partial charge in [-0.2, -0.15) is 0 Å². The predicted molar refractivity (Wildman–Crippen MR) is 186 cm³/mol. The van der Waals surface area contributed by atoms with Crippen LogP contribution in [0.25, 0.3) is 11.1 Å². The first-order valence-electron chi connectivity index (χ1n) is 16.0. The smallest absolute Gasteiger partial charge is 0.235 e. The van der Waals surface area contributed by atoms with Crippen LogP contribution in [-0.4, -0.2) is 60.4 Å². The minimum Gasteiger partial charge on any atom is -0.493 e. The monoisotopic (exact) mass is 678 g/mol. The van der Waals surface area contributed by atoms with Crippen LogP contribution in [0.5, 0.6) is 17.2 Å². The van der Waals surface area contributed by atoms with Crippen LogP contribution in [0, 0.1) is 0 Å². The zero-order chi connectivity index (χ0) is 34.4. The summed E-state index contributed by atoms with van der Waals surface area (Å²) in [5.74, 6) is 1.10. The molecule has 13 heteroatoms. The van der Waals surface area contributed by atoms with Gasteiger partial charge in [0.2, 0.25) is 33.0 Å². The summed E-state index contributed by atoms with van der Waals surface area (Å²) in [4.78, 5) is 38.5. The lowest BCUT2D eigenvalue weighted by atomic mass is 9.95. The molecule has 1 saturated heterocycles. The predicted octanol–water partition coefficient (Wildman–Crippen LogP) is 4.62. The fourth-order valence-electron chi connectivity index (χ4n) is 6.37. The van der Waals surface area contributed by atoms with Crippen LogP contribution < -0.4 is 39.9 Å². The van der Waals surface area contributed by atoms with E-state index in [2.05, 4.69) is 16.0 Å². The molecule has 3 aromatic carbocycles. The Kier molecular flexibility index (Phi) is 10.8. The molecule has 0 spiro atoms. The molecule has 12 nitrogen and oxygen atoms in total. The molecule has 5 rings (SSSR count). The molecular weight excluding hydrogens is 636 g/mol. The van der Waals surface area contributed by atoms with Crippen molar-refractivity contribution in [1.29, 1.82) is 0 Å². The molecule has 1 atom stereocenters. The number of nitrogens with zero attached hydrogens (tertiary/aromatic N) is 1. The maximum Gasteiger partial charge on any atom is 0.235 e. The van der Waals surface area contributed by atoms with Crippen molar-refractivity contribution in [1.82, 2.24) is 5.32 Å². The van der Waals surface area contributed by atoms with Gasteiger partial charge in [0.1, 0.15) is 0 Å². The molecule has 1 unspecified atom stereocenters. The summed E-state index contributed by atoms with van der Waals surface area (Å²) in [7, 11) is 1.28. The average Bonchev–Trinajstić information content (AvgIpc) is 3.30. The fourth-order valence-corrected chi connectivity index (χ4v) is 8.00. The van der Waals surface area contributed by atoms with Crippen molar-refractivity contribution < 1.29 is 32.2 Å². The van der Waals surface area contributed by atoms with Gasteiger partial charge >= 0.3 is 0 Å². The summed E-state index contributed by atoms with van der Waals surface area (Å²) in [5.41, 5.74) is 4.22. The first-order valence-corrected chi connectivity index (χ1v) is 17.6. The highest BCUT2D eigenvalue weighted by Gasteiger charge is 2.30. The average molecular weight is 679 g/mol. The molecule has 0 aromatic heterocycles. The molecule has 0 saturated carbocycles. The Hall–Kier alpha value is -4.78. The van der Waals surface area contributed by atoms with Crippen molar-refractivity contribution in [2.75, 3.05) is 55.1 Å². The number of benzene rings is 2. The molecule has 256 valence electrons. The second-order valence-corrected chi connectivity index (χ2v) is 13.8. The number of rotatable bonds is 11. The zero-order valence-corrected chi connectivity index (χ0v) is 28.5. The van der Waals surface area contributed by atoms with Crippen LogP contribution in [0.1, 0.15) is 56.2 Å². The summed E-state index contributed by atoms with van der Waals surface area (Å²) < 4.78 is 43.5. The molecule has 0 bridgehead atoms. The lowest BCUT2D eigenvalue weighted by Gasteiger charge is -2.28. The van der Waals surface area contributed by atoms with Crippen molar-refractivity contribution in [3.05, 3.63) is 69.9 Å². The Morgan fingerprint density at radius 1 is 0.979 bits per heavy atom. The number of fused-ring (bicyclic) bond motifs is 3. The number of ether oxygens (including phenoxy) is 3. The SMILES string of the molecule is COc1cc2c(c(OC)c1OC)-c1ccc(NCCCC(=O)Nc3cccc(N4CCCCS4(=O)=O)c3)c(=O)cc1C(NC(C)=O)CC2. The van der Waals surface area contributed by atoms with Gasteiger partial charge in [0.15, 0.2) is 11.5 Å². The van der Waals surface area contributed by atoms with Crippen LogP contribution in [0.3, 0.4) is 0 Å². The van der Waals surface area contributed by atoms with E-state index in [1.807, 2.05) is 12.1 Å². The number of carbonyl (C=O) groups is 2. The maximum atomic E-state index is 13.5. The van der Waals surface area contributed by atoms with E-state index in [0.29, 0.717) is 78.6 Å². The van der Waals surface area contributed by atoms with Crippen LogP contribution >= 0.6 is 0 Å². The second-order valence-electron chi connectivity index (χ2n) is 11.8. The lowest BCUT2D eigenvalue weighted by molar-refractivity contribution is -0.119. The van der Waals surface area contributed by atoms with Gasteiger partial charge in [-0.25, -0.2) is 8.42 Å². The molecule has 3 N–H and O–H groups in total. The first kappa shape index (κ1) is 34.6. The van der Waals surface area contributed by atoms with Crippen molar-refractivity contribution in [3.8, 4) is 28.4 Å². The van der Waals surface area contributed by atoms with Gasteiger partial charge in [-0.15, -0.1) is 0 Å². The Morgan fingerprint density at radius 2 is 1.77 bits per heavy atom. The fraction of sp³-hybridized carbons (Fsp3) is 0.400. The van der Waals surface area contributed by atoms with Crippen molar-refractivity contribution in [3.63, 3.8) is 0 Å². The van der Waals surface area contributed by atoms with Crippen LogP contribution in [0.15, 0.2) is 53.3 Å². The van der Waals surface area contributed by atoms with Crippen LogP contribution in [0.4, 0.5) is 17.1 Å². The lowest BCUT2D eigenvalue weighted by Crippen LogP contribution is -2.37. The van der Waals surface area contributed by atoms with Crippen molar-refractivity contribution in [2.45, 2.75) is 51.5 Å². The highest BCUT2D eigenvalue weighted by atomic mass is 32.2. The standard InChI is InChI=1S/C35H42N4O8S/c1-22(40)37-28-14-12-23-19-31(45-2)34(46-3)35(47-4)33(23)26-13-15-29(30(41)21-27(26)28)36-16-8-11-32(42)38-24-9-7-10-25(20-24)39-17-5-6-18-48(39,43)44/h7,9-10,13,15,19-21,28H,5-6,8,11-12,14,16-18H2,1-4H3,(H,36,41)(H,37,40)(H,38,42). The summed E-state index contributed by atoms with van der Waals surface area (Å²) in [5, 5.41) is 9.02. The van der Waals surface area contributed by atoms with Gasteiger partial charge in [-0.1, -0.05) is 12.1 Å². The molecule has 2 amide bonds. The Labute approximate surface area is 280 Å². The normalized spacial score (nSPS) is 16.4. The van der Waals surface area contributed by atoms with E-state index in [-0.39, 0.29) is 29.4 Å². The number of anilines is 3. The number of methoxy groups -OCH3 is 3. The highest BCUT2D eigenvalue weighted by molar-refractivity contribution is 7.92. The van der Waals surface area contributed by atoms with Gasteiger partial charge in [0.25, 0.3) is 0 Å². The summed E-state index contributed by atoms with van der Waals surface area (Å²) in [6, 6.07) is 13.4. The van der Waals surface area contributed by atoms with Gasteiger partial charge in [0, 0.05) is 37.7 Å². The Balaban J connectivity index is 1.33. The van der Waals surface area contributed by atoms with E-state index in [1.54, 1.807) is 50.6 Å². The van der Waals surface area contributed by atoms with E-state index in [1.165, 1.54) is 18.3 Å². The molecule has 48 heavy (non-hydrogen) atoms. The van der Waals surface area contributed by atoms with E-state index < -0.39 is 16.1 Å². The van der Waals surface area contributed by atoms with E-state index >= 15 is 0 Å². The third kappa shape index (κ3) is 7.51. The number of aryl methyl sites for hydroxylation is 1. The molecule has 1 fully saturated rings. The second kappa shape index (κ2) is 15.0. The molecule has 3 aromatic rings. The Bertz CT molecular complexity index is 1860. The van der Waals surface area contributed by atoms with Gasteiger partial charge in [-0.05, 0) is 85.2 Å². The van der Waals surface area contributed by atoms with Crippen LogP contribution in [0.2, 0.25) is 0 Å². The highest BCUT2D eigenvalue weighted by Crippen LogP contribution is 2.50. The summed E-state index contributed by atoms with van der Waals surface area (Å²) >= 11 is 0. The number of sulfonamides is 1.